The molecule has 0 saturated carbocycles. The van der Waals surface area contributed by atoms with Crippen molar-refractivity contribution in [2.24, 2.45) is 0 Å². The molecule has 2 N–H and O–H groups in total. The normalized spacial score (nSPS) is 18.3. The van der Waals surface area contributed by atoms with Crippen LogP contribution >= 0.6 is 0 Å². The van der Waals surface area contributed by atoms with E-state index in [1.807, 2.05) is 49.5 Å². The van der Waals surface area contributed by atoms with Crippen molar-refractivity contribution in [3.05, 3.63) is 141 Å². The Labute approximate surface area is 257 Å². The number of hydrogen-bond acceptors (Lipinski definition) is 5. The molecular formula is C34H31F5N2O4. The molecule has 0 bridgehead atoms. The Morgan fingerprint density at radius 3 is 1.98 bits per heavy atom. The Morgan fingerprint density at radius 2 is 1.36 bits per heavy atom. The Bertz CT molecular complexity index is 1590. The highest BCUT2D eigenvalue weighted by Crippen LogP contribution is 2.38. The lowest BCUT2D eigenvalue weighted by atomic mass is 9.99. The zero-order valence-corrected chi connectivity index (χ0v) is 24.3. The van der Waals surface area contributed by atoms with Crippen molar-refractivity contribution in [2.45, 2.75) is 44.6 Å². The zero-order valence-electron chi connectivity index (χ0n) is 24.3. The van der Waals surface area contributed by atoms with Gasteiger partial charge in [-0.1, -0.05) is 78.9 Å². The lowest BCUT2D eigenvalue weighted by Gasteiger charge is -2.38. The van der Waals surface area contributed by atoms with E-state index in [0.29, 0.717) is 24.1 Å². The van der Waals surface area contributed by atoms with Gasteiger partial charge in [-0.2, -0.15) is 0 Å². The average molecular weight is 627 g/mol. The van der Waals surface area contributed by atoms with E-state index in [1.54, 1.807) is 24.3 Å². The molecule has 0 aromatic heterocycles. The lowest BCUT2D eigenvalue weighted by molar-refractivity contribution is -0.252. The number of aliphatic hydroxyl groups excluding tert-OH is 1. The van der Waals surface area contributed by atoms with Gasteiger partial charge in [0.2, 0.25) is 5.82 Å². The predicted octanol–water partition coefficient (Wildman–Crippen LogP) is 6.48. The van der Waals surface area contributed by atoms with Crippen LogP contribution in [-0.4, -0.2) is 35.6 Å². The summed E-state index contributed by atoms with van der Waals surface area (Å²) in [6.45, 7) is 1.05. The Balaban J connectivity index is 1.29. The summed E-state index contributed by atoms with van der Waals surface area (Å²) in [5.41, 5.74) is 2.52. The van der Waals surface area contributed by atoms with E-state index in [0.717, 1.165) is 17.7 Å². The molecule has 4 aromatic carbocycles. The molecule has 1 fully saturated rings. The summed E-state index contributed by atoms with van der Waals surface area (Å²) in [6.07, 6.45) is -0.642. The van der Waals surface area contributed by atoms with Crippen LogP contribution in [0.4, 0.5) is 22.0 Å². The molecule has 1 aliphatic heterocycles. The van der Waals surface area contributed by atoms with Gasteiger partial charge in [0.05, 0.1) is 18.8 Å². The van der Waals surface area contributed by atoms with Gasteiger partial charge in [-0.25, -0.2) is 22.0 Å². The maximum absolute atomic E-state index is 14.0. The maximum Gasteiger partial charge on any atom is 0.257 e. The van der Waals surface area contributed by atoms with Crippen molar-refractivity contribution in [3.8, 4) is 0 Å². The van der Waals surface area contributed by atoms with Crippen LogP contribution in [0.3, 0.4) is 0 Å². The number of benzene rings is 4. The number of likely N-dealkylation sites (N-methyl/N-ethyl adjacent to an activating group) is 1. The minimum Gasteiger partial charge on any atom is -0.392 e. The van der Waals surface area contributed by atoms with E-state index < -0.39 is 46.8 Å². The van der Waals surface area contributed by atoms with Crippen LogP contribution in [0.2, 0.25) is 0 Å². The van der Waals surface area contributed by atoms with Crippen molar-refractivity contribution in [1.29, 1.82) is 0 Å². The van der Waals surface area contributed by atoms with Gasteiger partial charge in [0.1, 0.15) is 5.56 Å². The first-order valence-electron chi connectivity index (χ1n) is 14.3. The van der Waals surface area contributed by atoms with Crippen molar-refractivity contribution >= 4 is 5.91 Å². The molecule has 0 unspecified atom stereocenters. The van der Waals surface area contributed by atoms with Gasteiger partial charge < -0.3 is 19.9 Å². The molecule has 1 heterocycles. The molecule has 5 rings (SSSR count). The number of nitrogens with zero attached hydrogens (tertiary/aromatic N) is 1. The third kappa shape index (κ3) is 7.56. The Morgan fingerprint density at radius 1 is 0.778 bits per heavy atom. The standard InChI is InChI=1S/C34H31F5N2O4/c1-41(17-21-5-3-2-4-6-21)18-25-15-26(23-11-9-22(19-42)10-12-23)45-34(44-25)24-13-7-20(8-14-24)16-40-33(43)27-28(35)30(37)32(39)31(38)29(27)36/h2-14,25-26,34,42H,15-19H2,1H3,(H,40,43)/t25-,26+,34+/m1/s1. The fourth-order valence-corrected chi connectivity index (χ4v) is 5.21. The first-order chi connectivity index (χ1) is 21.6. The van der Waals surface area contributed by atoms with Gasteiger partial charge in [0, 0.05) is 31.6 Å². The maximum atomic E-state index is 14.0. The quantitative estimate of drug-likeness (QED) is 0.120. The summed E-state index contributed by atoms with van der Waals surface area (Å²) in [4.78, 5) is 14.5. The smallest absolute Gasteiger partial charge is 0.257 e. The van der Waals surface area contributed by atoms with Crippen LogP contribution in [0.5, 0.6) is 0 Å². The van der Waals surface area contributed by atoms with Crippen molar-refractivity contribution in [2.75, 3.05) is 13.6 Å². The van der Waals surface area contributed by atoms with Crippen LogP contribution in [0.1, 0.15) is 57.0 Å². The summed E-state index contributed by atoms with van der Waals surface area (Å²) in [7, 11) is 2.02. The topological polar surface area (TPSA) is 71.0 Å². The van der Waals surface area contributed by atoms with E-state index in [4.69, 9.17) is 9.47 Å². The zero-order chi connectivity index (χ0) is 32.1. The minimum absolute atomic E-state index is 0.0706. The molecule has 45 heavy (non-hydrogen) atoms. The van der Waals surface area contributed by atoms with Gasteiger partial charge >= 0.3 is 0 Å². The number of rotatable bonds is 10. The number of halogens is 5. The summed E-state index contributed by atoms with van der Waals surface area (Å²) < 4.78 is 81.2. The third-order valence-electron chi connectivity index (χ3n) is 7.57. The van der Waals surface area contributed by atoms with Crippen LogP contribution in [0, 0.1) is 29.1 Å². The molecular weight excluding hydrogens is 595 g/mol. The monoisotopic (exact) mass is 626 g/mol. The highest BCUT2D eigenvalue weighted by Gasteiger charge is 2.33. The van der Waals surface area contributed by atoms with Gasteiger partial charge in [-0.05, 0) is 29.3 Å². The second-order valence-electron chi connectivity index (χ2n) is 10.9. The molecule has 11 heteroatoms. The van der Waals surface area contributed by atoms with E-state index >= 15 is 0 Å². The molecule has 4 aromatic rings. The number of aliphatic hydroxyl groups is 1. The van der Waals surface area contributed by atoms with E-state index in [-0.39, 0.29) is 25.4 Å². The Hall–Kier alpha value is -4.16. The molecule has 6 nitrogen and oxygen atoms in total. The minimum atomic E-state index is -2.33. The third-order valence-corrected chi connectivity index (χ3v) is 7.57. The fraction of sp³-hybridized carbons (Fsp3) is 0.265. The highest BCUT2D eigenvalue weighted by molar-refractivity contribution is 5.94. The lowest BCUT2D eigenvalue weighted by Crippen LogP contribution is -2.37. The first kappa shape index (κ1) is 32.2. The first-order valence-corrected chi connectivity index (χ1v) is 14.3. The number of nitrogens with one attached hydrogen (secondary N) is 1. The summed E-state index contributed by atoms with van der Waals surface area (Å²) >= 11 is 0. The number of ether oxygens (including phenoxy) is 2. The van der Waals surface area contributed by atoms with E-state index in [2.05, 4.69) is 22.3 Å². The predicted molar refractivity (Wildman–Crippen MR) is 155 cm³/mol. The second kappa shape index (κ2) is 14.3. The van der Waals surface area contributed by atoms with Crippen LogP contribution in [0.25, 0.3) is 0 Å². The fourth-order valence-electron chi connectivity index (χ4n) is 5.21. The van der Waals surface area contributed by atoms with Crippen molar-refractivity contribution < 1.29 is 41.3 Å². The summed E-state index contributed by atoms with van der Waals surface area (Å²) in [6, 6.07) is 24.3. The highest BCUT2D eigenvalue weighted by atomic mass is 19.2. The largest absolute Gasteiger partial charge is 0.392 e. The van der Waals surface area contributed by atoms with Gasteiger partial charge in [0.15, 0.2) is 29.6 Å². The molecule has 1 saturated heterocycles. The molecule has 1 aliphatic rings. The number of carbonyl (C=O) groups excluding carboxylic acids is 1. The number of amides is 1. The van der Waals surface area contributed by atoms with Crippen molar-refractivity contribution in [3.63, 3.8) is 0 Å². The van der Waals surface area contributed by atoms with Crippen molar-refractivity contribution in [1.82, 2.24) is 10.2 Å². The molecule has 0 radical (unpaired) electrons. The van der Waals surface area contributed by atoms with Crippen LogP contribution in [-0.2, 0) is 29.2 Å². The Kier molecular flexibility index (Phi) is 10.2. The van der Waals surface area contributed by atoms with Crippen LogP contribution in [0.15, 0.2) is 78.9 Å². The number of carbonyl (C=O) groups is 1. The molecule has 1 amide bonds. The van der Waals surface area contributed by atoms with Gasteiger partial charge in [0.25, 0.3) is 5.91 Å². The molecule has 0 spiro atoms. The second-order valence-corrected chi connectivity index (χ2v) is 10.9. The van der Waals surface area contributed by atoms with Crippen LogP contribution < -0.4 is 5.32 Å². The number of hydrogen-bond donors (Lipinski definition) is 2. The van der Waals surface area contributed by atoms with E-state index in [1.165, 1.54) is 5.56 Å². The molecule has 3 atom stereocenters. The molecule has 236 valence electrons. The van der Waals surface area contributed by atoms with E-state index in [9.17, 15) is 31.9 Å². The summed E-state index contributed by atoms with van der Waals surface area (Å²) in [5, 5.41) is 11.6. The average Bonchev–Trinajstić information content (AvgIpc) is 3.06. The SMILES string of the molecule is CN(Cc1ccccc1)C[C@H]1C[C@@H](c2ccc(CO)cc2)O[C@@H](c2ccc(CNC(=O)c3c(F)c(F)c(F)c(F)c3F)cc2)O1. The van der Waals surface area contributed by atoms with Gasteiger partial charge in [-0.3, -0.25) is 9.69 Å². The summed E-state index contributed by atoms with van der Waals surface area (Å²) in [5.74, 6) is -12.6. The molecule has 0 aliphatic carbocycles. The van der Waals surface area contributed by atoms with Gasteiger partial charge in [-0.15, -0.1) is 0 Å².